The molecule has 2 aromatic rings. The molecule has 0 saturated carbocycles. The number of hydrogen-bond donors (Lipinski definition) is 5. The second-order valence-corrected chi connectivity index (χ2v) is 4.82. The summed E-state index contributed by atoms with van der Waals surface area (Å²) in [5.74, 6) is -0.245. The molecule has 2 aromatic heterocycles. The Kier molecular flexibility index (Phi) is 5.23. The van der Waals surface area contributed by atoms with Crippen LogP contribution in [0, 0.1) is 0 Å². The molecule has 4 atom stereocenters. The van der Waals surface area contributed by atoms with Crippen molar-refractivity contribution in [3.05, 3.63) is 26.9 Å². The fraction of sp³-hybridized carbons (Fsp3) is 0.500. The number of nitrogens with two attached hydrogens (primary N) is 1. The van der Waals surface area contributed by atoms with Crippen LogP contribution in [0.1, 0.15) is 6.23 Å². The Bertz CT molecular complexity index is 839. The van der Waals surface area contributed by atoms with Crippen molar-refractivity contribution < 1.29 is 24.4 Å². The van der Waals surface area contributed by atoms with Crippen molar-refractivity contribution in [2.75, 3.05) is 19.5 Å². The normalized spacial score (nSPS) is 26.2. The number of alkyl halides is 1. The molecular formula is C12H16FN5O6. The minimum Gasteiger partial charge on any atom is -0.394 e. The number of aromatic amines is 1. The molecule has 3 heterocycles. The van der Waals surface area contributed by atoms with E-state index < -0.39 is 42.3 Å². The molecule has 12 heteroatoms. The quantitative estimate of drug-likeness (QED) is 0.386. The number of aliphatic hydroxyl groups is 3. The van der Waals surface area contributed by atoms with E-state index >= 15 is 0 Å². The maximum absolute atomic E-state index is 12.1. The molecule has 11 nitrogen and oxygen atoms in total. The van der Waals surface area contributed by atoms with E-state index in [0.29, 0.717) is 7.18 Å². The van der Waals surface area contributed by atoms with Crippen LogP contribution in [0.3, 0.4) is 0 Å². The smallest absolute Gasteiger partial charge is 0.280 e. The van der Waals surface area contributed by atoms with Crippen LogP contribution in [0.15, 0.2) is 15.8 Å². The first kappa shape index (κ1) is 17.9. The van der Waals surface area contributed by atoms with Gasteiger partial charge >= 0.3 is 0 Å². The third-order valence-corrected chi connectivity index (χ3v) is 3.44. The van der Waals surface area contributed by atoms with Crippen molar-refractivity contribution in [3.8, 4) is 0 Å². The van der Waals surface area contributed by atoms with Gasteiger partial charge in [-0.1, -0.05) is 0 Å². The molecule has 0 amide bonds. The summed E-state index contributed by atoms with van der Waals surface area (Å²) in [6.07, 6.45) is -4.44. The van der Waals surface area contributed by atoms with E-state index in [1.54, 1.807) is 0 Å². The molecule has 0 aromatic carbocycles. The number of H-pyrrole nitrogens is 1. The average molecular weight is 345 g/mol. The number of aliphatic hydroxyl groups excluding tert-OH is 3. The van der Waals surface area contributed by atoms with Crippen LogP contribution in [0.4, 0.5) is 10.3 Å². The first-order chi connectivity index (χ1) is 11.4. The van der Waals surface area contributed by atoms with Crippen LogP contribution >= 0.6 is 0 Å². The van der Waals surface area contributed by atoms with Crippen molar-refractivity contribution in [2.24, 2.45) is 0 Å². The van der Waals surface area contributed by atoms with Crippen molar-refractivity contribution in [1.82, 2.24) is 19.5 Å². The summed E-state index contributed by atoms with van der Waals surface area (Å²) >= 11 is 0. The lowest BCUT2D eigenvalue weighted by Gasteiger charge is -2.18. The molecule has 0 radical (unpaired) electrons. The number of nitrogen functional groups attached to an aromatic ring is 1. The van der Waals surface area contributed by atoms with E-state index in [0.717, 1.165) is 10.8 Å². The number of fused-ring (bicyclic) bond motifs is 1. The lowest BCUT2D eigenvalue weighted by atomic mass is 10.1. The molecule has 4 unspecified atom stereocenters. The lowest BCUT2D eigenvalue weighted by Crippen LogP contribution is -2.36. The highest BCUT2D eigenvalue weighted by molar-refractivity contribution is 5.69. The number of nitrogens with zero attached hydrogens (tertiary/aromatic N) is 3. The summed E-state index contributed by atoms with van der Waals surface area (Å²) < 4.78 is 15.7. The zero-order valence-electron chi connectivity index (χ0n) is 12.5. The number of ether oxygens (including phenoxy) is 1. The van der Waals surface area contributed by atoms with Gasteiger partial charge in [0.05, 0.1) is 20.0 Å². The Morgan fingerprint density at radius 2 is 2.04 bits per heavy atom. The molecular weight excluding hydrogens is 329 g/mol. The largest absolute Gasteiger partial charge is 0.394 e. The molecule has 6 N–H and O–H groups in total. The molecule has 0 aliphatic carbocycles. The van der Waals surface area contributed by atoms with Crippen LogP contribution < -0.4 is 16.9 Å². The summed E-state index contributed by atoms with van der Waals surface area (Å²) in [5, 5.41) is 28.9. The van der Waals surface area contributed by atoms with E-state index in [9.17, 15) is 24.2 Å². The van der Waals surface area contributed by atoms with Gasteiger partial charge in [0.25, 0.3) is 11.1 Å². The SMILES string of the molecule is CF.Nc1nc2c(ncc(=O)n2C2OC(CO)C(O)C2O)c(=O)[nH]1. The summed E-state index contributed by atoms with van der Waals surface area (Å²) in [6, 6.07) is 0. The second-order valence-electron chi connectivity index (χ2n) is 4.82. The van der Waals surface area contributed by atoms with E-state index in [1.807, 2.05) is 0 Å². The summed E-state index contributed by atoms with van der Waals surface area (Å²) in [5.41, 5.74) is 3.72. The molecule has 1 aliphatic rings. The minimum atomic E-state index is -1.50. The summed E-state index contributed by atoms with van der Waals surface area (Å²) in [7, 11) is 0.500. The third-order valence-electron chi connectivity index (χ3n) is 3.44. The topological polar surface area (TPSA) is 177 Å². The Morgan fingerprint density at radius 1 is 1.38 bits per heavy atom. The Balaban J connectivity index is 0.00000100. The van der Waals surface area contributed by atoms with E-state index in [-0.39, 0.29) is 17.1 Å². The van der Waals surface area contributed by atoms with Crippen LogP contribution in [0.2, 0.25) is 0 Å². The van der Waals surface area contributed by atoms with Crippen LogP contribution in [-0.2, 0) is 4.74 Å². The van der Waals surface area contributed by atoms with Gasteiger partial charge in [0, 0.05) is 0 Å². The standard InChI is InChI=1S/C11H13N5O6.CH3F/c12-11-14-8-5(9(21)15-11)13-1-4(18)16(8)10-7(20)6(19)3(2-17)22-10;1-2/h1,3,6-7,10,17,19-20H,2H2,(H3,12,14,15,21);1H3. The van der Waals surface area contributed by atoms with Gasteiger partial charge in [0.15, 0.2) is 17.4 Å². The maximum atomic E-state index is 12.1. The minimum absolute atomic E-state index is 0.175. The van der Waals surface area contributed by atoms with Crippen LogP contribution in [-0.4, -0.2) is 66.9 Å². The Hall–Kier alpha value is -2.41. The fourth-order valence-corrected chi connectivity index (χ4v) is 2.38. The van der Waals surface area contributed by atoms with Gasteiger partial charge in [0.1, 0.15) is 18.3 Å². The van der Waals surface area contributed by atoms with Gasteiger partial charge in [0.2, 0.25) is 5.95 Å². The predicted octanol–water partition coefficient (Wildman–Crippen LogP) is -2.74. The average Bonchev–Trinajstić information content (AvgIpc) is 2.84. The van der Waals surface area contributed by atoms with Gasteiger partial charge in [-0.3, -0.25) is 23.5 Å². The molecule has 24 heavy (non-hydrogen) atoms. The third kappa shape index (κ3) is 2.87. The monoisotopic (exact) mass is 345 g/mol. The zero-order valence-corrected chi connectivity index (χ0v) is 12.5. The fourth-order valence-electron chi connectivity index (χ4n) is 2.38. The first-order valence-electron chi connectivity index (χ1n) is 6.71. The number of halogens is 1. The van der Waals surface area contributed by atoms with E-state index in [4.69, 9.17) is 15.6 Å². The van der Waals surface area contributed by atoms with Crippen LogP contribution in [0.25, 0.3) is 11.2 Å². The van der Waals surface area contributed by atoms with Gasteiger partial charge < -0.3 is 25.8 Å². The van der Waals surface area contributed by atoms with Crippen LogP contribution in [0.5, 0.6) is 0 Å². The van der Waals surface area contributed by atoms with Gasteiger partial charge in [-0.25, -0.2) is 4.98 Å². The number of rotatable bonds is 2. The molecule has 1 saturated heterocycles. The lowest BCUT2D eigenvalue weighted by molar-refractivity contribution is -0.0525. The van der Waals surface area contributed by atoms with Gasteiger partial charge in [-0.15, -0.1) is 0 Å². The molecule has 0 bridgehead atoms. The first-order valence-corrected chi connectivity index (χ1v) is 6.71. The molecule has 3 rings (SSSR count). The summed E-state index contributed by atoms with van der Waals surface area (Å²) in [6.45, 7) is -0.553. The Labute approximate surface area is 133 Å². The van der Waals surface area contributed by atoms with E-state index in [1.165, 1.54) is 0 Å². The van der Waals surface area contributed by atoms with Crippen molar-refractivity contribution >= 4 is 17.1 Å². The van der Waals surface area contributed by atoms with Crippen molar-refractivity contribution in [1.29, 1.82) is 0 Å². The number of nitrogens with one attached hydrogen (secondary N) is 1. The van der Waals surface area contributed by atoms with Crippen molar-refractivity contribution in [3.63, 3.8) is 0 Å². The number of anilines is 1. The zero-order chi connectivity index (χ0) is 18.0. The number of aromatic nitrogens is 4. The molecule has 0 spiro atoms. The second kappa shape index (κ2) is 7.00. The highest BCUT2D eigenvalue weighted by Crippen LogP contribution is 2.29. The molecule has 1 aliphatic heterocycles. The number of hydrogen-bond acceptors (Lipinski definition) is 9. The maximum Gasteiger partial charge on any atom is 0.280 e. The van der Waals surface area contributed by atoms with Gasteiger partial charge in [-0.2, -0.15) is 4.98 Å². The Morgan fingerprint density at radius 3 is 2.62 bits per heavy atom. The van der Waals surface area contributed by atoms with Gasteiger partial charge in [-0.05, 0) is 0 Å². The predicted molar refractivity (Wildman–Crippen MR) is 78.9 cm³/mol. The van der Waals surface area contributed by atoms with E-state index in [2.05, 4.69) is 15.0 Å². The summed E-state index contributed by atoms with van der Waals surface area (Å²) in [4.78, 5) is 33.6. The van der Waals surface area contributed by atoms with Crippen molar-refractivity contribution in [2.45, 2.75) is 24.5 Å². The highest BCUT2D eigenvalue weighted by Gasteiger charge is 2.44. The molecule has 1 fully saturated rings. The molecule has 132 valence electrons. The highest BCUT2D eigenvalue weighted by atomic mass is 19.1.